The van der Waals surface area contributed by atoms with Gasteiger partial charge in [0.05, 0.1) is 6.42 Å². The Hall–Kier alpha value is -0.800. The lowest BCUT2D eigenvalue weighted by Gasteiger charge is -2.31. The highest BCUT2D eigenvalue weighted by atomic mass is 19.1. The number of ketones is 2. The number of hydrogen-bond donors (Lipinski definition) is 0. The fourth-order valence-corrected chi connectivity index (χ4v) is 3.24. The molecule has 4 heteroatoms. The molecule has 2 rings (SSSR count). The maximum absolute atomic E-state index is 14.4. The Morgan fingerprint density at radius 3 is 1.32 bits per heavy atom. The van der Waals surface area contributed by atoms with Crippen molar-refractivity contribution < 1.29 is 18.4 Å². The Bertz CT molecular complexity index is 319. The monoisotopic (exact) mass is 272 g/mol. The van der Waals surface area contributed by atoms with Gasteiger partial charge in [-0.05, 0) is 51.4 Å². The van der Waals surface area contributed by atoms with E-state index in [-0.39, 0.29) is 25.7 Å². The summed E-state index contributed by atoms with van der Waals surface area (Å²) in [6.07, 6.45) is 4.78. The van der Waals surface area contributed by atoms with E-state index in [0.717, 1.165) is 12.8 Å². The molecule has 0 unspecified atom stereocenters. The van der Waals surface area contributed by atoms with Crippen LogP contribution in [0.4, 0.5) is 8.78 Å². The summed E-state index contributed by atoms with van der Waals surface area (Å²) in [5.41, 5.74) is -3.75. The van der Waals surface area contributed by atoms with E-state index < -0.39 is 29.3 Å². The second-order valence-electron chi connectivity index (χ2n) is 6.08. The highest BCUT2D eigenvalue weighted by molar-refractivity contribution is 6.06. The third kappa shape index (κ3) is 3.21. The standard InChI is InChI=1S/C15H22F2O2/c16-14(7-3-1-4-8-14)12(18)11-13(19)15(17)9-5-2-6-10-15/h1-11H2. The average molecular weight is 272 g/mol. The summed E-state index contributed by atoms with van der Waals surface area (Å²) < 4.78 is 28.8. The number of halogens is 2. The molecule has 0 spiro atoms. The maximum Gasteiger partial charge on any atom is 0.177 e. The van der Waals surface area contributed by atoms with Gasteiger partial charge in [-0.25, -0.2) is 8.78 Å². The van der Waals surface area contributed by atoms with E-state index in [4.69, 9.17) is 0 Å². The first-order valence-electron chi connectivity index (χ1n) is 7.41. The predicted octanol–water partition coefficient (Wildman–Crippen LogP) is 3.86. The van der Waals surface area contributed by atoms with Gasteiger partial charge < -0.3 is 0 Å². The molecule has 0 aromatic heterocycles. The molecule has 0 bridgehead atoms. The van der Waals surface area contributed by atoms with Gasteiger partial charge in [0.2, 0.25) is 0 Å². The van der Waals surface area contributed by atoms with Gasteiger partial charge >= 0.3 is 0 Å². The first-order valence-corrected chi connectivity index (χ1v) is 7.41. The Morgan fingerprint density at radius 1 is 0.684 bits per heavy atom. The molecule has 0 aromatic rings. The molecule has 0 N–H and O–H groups in total. The minimum Gasteiger partial charge on any atom is -0.296 e. The van der Waals surface area contributed by atoms with Crippen LogP contribution in [0.2, 0.25) is 0 Å². The molecular formula is C15H22F2O2. The molecule has 0 atom stereocenters. The van der Waals surface area contributed by atoms with Gasteiger partial charge in [0.15, 0.2) is 22.9 Å². The van der Waals surface area contributed by atoms with Crippen LogP contribution in [0, 0.1) is 0 Å². The molecular weight excluding hydrogens is 250 g/mol. The maximum atomic E-state index is 14.4. The third-order valence-corrected chi connectivity index (χ3v) is 4.61. The van der Waals surface area contributed by atoms with Gasteiger partial charge in [0.25, 0.3) is 0 Å². The first kappa shape index (κ1) is 14.6. The molecule has 0 saturated heterocycles. The predicted molar refractivity (Wildman–Crippen MR) is 68.5 cm³/mol. The van der Waals surface area contributed by atoms with Crippen molar-refractivity contribution in [2.75, 3.05) is 0 Å². The van der Waals surface area contributed by atoms with Crippen molar-refractivity contribution in [3.05, 3.63) is 0 Å². The van der Waals surface area contributed by atoms with Gasteiger partial charge in [-0.3, -0.25) is 9.59 Å². The van der Waals surface area contributed by atoms with Gasteiger partial charge in [-0.2, -0.15) is 0 Å². The molecule has 2 fully saturated rings. The SMILES string of the molecule is O=C(CC(=O)C1(F)CCCCC1)C1(F)CCCCC1. The number of hydrogen-bond acceptors (Lipinski definition) is 2. The first-order chi connectivity index (χ1) is 8.96. The van der Waals surface area contributed by atoms with E-state index in [0.29, 0.717) is 25.7 Å². The van der Waals surface area contributed by atoms with Crippen LogP contribution in [0.5, 0.6) is 0 Å². The summed E-state index contributed by atoms with van der Waals surface area (Å²) in [5.74, 6) is -1.39. The van der Waals surface area contributed by atoms with Crippen LogP contribution in [0.15, 0.2) is 0 Å². The number of rotatable bonds is 4. The van der Waals surface area contributed by atoms with Crippen LogP contribution in [-0.2, 0) is 9.59 Å². The zero-order valence-electron chi connectivity index (χ0n) is 11.4. The van der Waals surface area contributed by atoms with Crippen molar-refractivity contribution in [2.45, 2.75) is 82.0 Å². The van der Waals surface area contributed by atoms with E-state index in [1.807, 2.05) is 0 Å². The minimum atomic E-state index is -1.88. The summed E-state index contributed by atoms with van der Waals surface area (Å²) in [4.78, 5) is 23.9. The number of alkyl halides is 2. The lowest BCUT2D eigenvalue weighted by molar-refractivity contribution is -0.142. The third-order valence-electron chi connectivity index (χ3n) is 4.61. The van der Waals surface area contributed by atoms with Crippen molar-refractivity contribution >= 4 is 11.6 Å². The molecule has 2 aliphatic carbocycles. The molecule has 0 radical (unpaired) electrons. The fourth-order valence-electron chi connectivity index (χ4n) is 3.24. The van der Waals surface area contributed by atoms with E-state index in [2.05, 4.69) is 0 Å². The molecule has 0 aromatic carbocycles. The molecule has 0 aliphatic heterocycles. The van der Waals surface area contributed by atoms with Crippen LogP contribution < -0.4 is 0 Å². The van der Waals surface area contributed by atoms with E-state index >= 15 is 0 Å². The topological polar surface area (TPSA) is 34.1 Å². The van der Waals surface area contributed by atoms with Gasteiger partial charge in [0.1, 0.15) is 0 Å². The molecule has 0 amide bonds. The average Bonchev–Trinajstić information content (AvgIpc) is 2.40. The largest absolute Gasteiger partial charge is 0.296 e. The lowest BCUT2D eigenvalue weighted by Crippen LogP contribution is -2.42. The van der Waals surface area contributed by atoms with Crippen molar-refractivity contribution in [2.24, 2.45) is 0 Å². The Morgan fingerprint density at radius 2 is 1.00 bits per heavy atom. The smallest absolute Gasteiger partial charge is 0.177 e. The molecule has 19 heavy (non-hydrogen) atoms. The highest BCUT2D eigenvalue weighted by Gasteiger charge is 2.45. The molecule has 2 nitrogen and oxygen atoms in total. The zero-order chi connectivity index (χ0) is 13.9. The van der Waals surface area contributed by atoms with Gasteiger partial charge in [-0.1, -0.05) is 12.8 Å². The summed E-state index contributed by atoms with van der Waals surface area (Å²) in [7, 11) is 0. The fraction of sp³-hybridized carbons (Fsp3) is 0.867. The van der Waals surface area contributed by atoms with Crippen LogP contribution in [-0.4, -0.2) is 22.9 Å². The molecule has 2 aliphatic rings. The van der Waals surface area contributed by atoms with Crippen molar-refractivity contribution in [1.29, 1.82) is 0 Å². The Kier molecular flexibility index (Phi) is 4.36. The quantitative estimate of drug-likeness (QED) is 0.728. The van der Waals surface area contributed by atoms with Gasteiger partial charge in [0, 0.05) is 0 Å². The Balaban J connectivity index is 1.96. The van der Waals surface area contributed by atoms with Crippen LogP contribution in [0.1, 0.15) is 70.6 Å². The summed E-state index contributed by atoms with van der Waals surface area (Å²) in [5, 5.41) is 0. The van der Waals surface area contributed by atoms with Crippen molar-refractivity contribution in [3.8, 4) is 0 Å². The van der Waals surface area contributed by atoms with E-state index in [1.165, 1.54) is 0 Å². The highest BCUT2D eigenvalue weighted by Crippen LogP contribution is 2.37. The molecule has 2 saturated carbocycles. The number of carbonyl (C=O) groups excluding carboxylic acids is 2. The van der Waals surface area contributed by atoms with E-state index in [9.17, 15) is 18.4 Å². The second kappa shape index (κ2) is 5.68. The summed E-state index contributed by atoms with van der Waals surface area (Å²) in [6.45, 7) is 0. The summed E-state index contributed by atoms with van der Waals surface area (Å²) >= 11 is 0. The minimum absolute atomic E-state index is 0.193. The number of Topliss-reactive ketones (excluding diaryl/α,β-unsaturated/α-hetero) is 2. The van der Waals surface area contributed by atoms with E-state index in [1.54, 1.807) is 0 Å². The molecule has 0 heterocycles. The Labute approximate surface area is 112 Å². The van der Waals surface area contributed by atoms with Crippen LogP contribution >= 0.6 is 0 Å². The second-order valence-corrected chi connectivity index (χ2v) is 6.08. The summed E-state index contributed by atoms with van der Waals surface area (Å²) in [6, 6.07) is 0. The van der Waals surface area contributed by atoms with Crippen molar-refractivity contribution in [3.63, 3.8) is 0 Å². The number of carbonyl (C=O) groups is 2. The zero-order valence-corrected chi connectivity index (χ0v) is 11.4. The van der Waals surface area contributed by atoms with Crippen LogP contribution in [0.3, 0.4) is 0 Å². The van der Waals surface area contributed by atoms with Crippen molar-refractivity contribution in [1.82, 2.24) is 0 Å². The normalized spacial score (nSPS) is 25.8. The van der Waals surface area contributed by atoms with Crippen LogP contribution in [0.25, 0.3) is 0 Å². The lowest BCUT2D eigenvalue weighted by atomic mass is 9.77. The molecule has 108 valence electrons. The van der Waals surface area contributed by atoms with Gasteiger partial charge in [-0.15, -0.1) is 0 Å².